The Kier molecular flexibility index (Phi) is 8.25. The third-order valence-electron chi connectivity index (χ3n) is 6.10. The summed E-state index contributed by atoms with van der Waals surface area (Å²) in [5, 5.41) is 6.68. The number of hydrogen-bond donors (Lipinski definition) is 3. The Bertz CT molecular complexity index is 1410. The van der Waals surface area contributed by atoms with Crippen molar-refractivity contribution in [3.05, 3.63) is 101 Å². The van der Waals surface area contributed by atoms with Crippen LogP contribution in [0, 0.1) is 0 Å². The molecule has 3 N–H and O–H groups in total. The van der Waals surface area contributed by atoms with E-state index in [9.17, 15) is 14.4 Å². The van der Waals surface area contributed by atoms with Crippen LogP contribution in [0.4, 0.5) is 5.69 Å². The lowest BCUT2D eigenvalue weighted by molar-refractivity contribution is -0.155. The summed E-state index contributed by atoms with van der Waals surface area (Å²) >= 11 is 6.19. The molecule has 0 spiro atoms. The molecule has 190 valence electrons. The number of amides is 2. The third-order valence-corrected chi connectivity index (χ3v) is 6.43. The normalized spacial score (nSPS) is 12.5. The predicted molar refractivity (Wildman–Crippen MR) is 145 cm³/mol. The molecule has 0 aliphatic rings. The largest absolute Gasteiger partial charge is 0.451 e. The maximum atomic E-state index is 13.2. The van der Waals surface area contributed by atoms with E-state index in [4.69, 9.17) is 16.3 Å². The second kappa shape index (κ2) is 11.8. The lowest BCUT2D eigenvalue weighted by Crippen LogP contribution is -2.45. The molecule has 1 aromatic heterocycles. The van der Waals surface area contributed by atoms with Crippen molar-refractivity contribution in [2.75, 3.05) is 5.32 Å². The van der Waals surface area contributed by atoms with Crippen LogP contribution in [0.3, 0.4) is 0 Å². The first-order valence-corrected chi connectivity index (χ1v) is 12.4. The zero-order valence-corrected chi connectivity index (χ0v) is 21.3. The van der Waals surface area contributed by atoms with Crippen molar-refractivity contribution in [2.24, 2.45) is 0 Å². The van der Waals surface area contributed by atoms with Gasteiger partial charge in [-0.25, -0.2) is 4.79 Å². The van der Waals surface area contributed by atoms with Crippen LogP contribution in [0.1, 0.15) is 35.3 Å². The van der Waals surface area contributed by atoms with Gasteiger partial charge >= 0.3 is 5.97 Å². The van der Waals surface area contributed by atoms with Crippen molar-refractivity contribution in [3.8, 4) is 0 Å². The molecule has 0 saturated carbocycles. The Labute approximate surface area is 220 Å². The van der Waals surface area contributed by atoms with Gasteiger partial charge in [0.05, 0.1) is 10.6 Å². The minimum absolute atomic E-state index is 0.159. The molecule has 1 heterocycles. The summed E-state index contributed by atoms with van der Waals surface area (Å²) in [7, 11) is 0. The number of halogens is 1. The number of ether oxygens (including phenoxy) is 1. The van der Waals surface area contributed by atoms with Gasteiger partial charge in [0, 0.05) is 29.2 Å². The number of aromatic nitrogens is 1. The van der Waals surface area contributed by atoms with Gasteiger partial charge in [0.2, 0.25) is 0 Å². The highest BCUT2D eigenvalue weighted by atomic mass is 35.5. The molecule has 0 bridgehead atoms. The minimum Gasteiger partial charge on any atom is -0.451 e. The van der Waals surface area contributed by atoms with E-state index < -0.39 is 29.9 Å². The maximum absolute atomic E-state index is 13.2. The first kappa shape index (κ1) is 26.0. The van der Waals surface area contributed by atoms with E-state index in [-0.39, 0.29) is 17.0 Å². The summed E-state index contributed by atoms with van der Waals surface area (Å²) in [5.74, 6) is -1.71. The van der Waals surface area contributed by atoms with E-state index in [1.807, 2.05) is 43.3 Å². The average Bonchev–Trinajstić information content (AvgIpc) is 3.31. The molecule has 0 aliphatic heterocycles. The van der Waals surface area contributed by atoms with Crippen LogP contribution in [-0.2, 0) is 27.2 Å². The maximum Gasteiger partial charge on any atom is 0.329 e. The van der Waals surface area contributed by atoms with Crippen LogP contribution in [0.5, 0.6) is 0 Å². The monoisotopic (exact) mass is 517 g/mol. The summed E-state index contributed by atoms with van der Waals surface area (Å²) in [6.07, 6.45) is 1.76. The van der Waals surface area contributed by atoms with Crippen molar-refractivity contribution in [1.29, 1.82) is 0 Å². The molecule has 4 aromatic rings. The summed E-state index contributed by atoms with van der Waals surface area (Å²) in [6, 6.07) is 20.6. The van der Waals surface area contributed by atoms with Crippen LogP contribution in [0.15, 0.2) is 79.0 Å². The summed E-state index contributed by atoms with van der Waals surface area (Å²) in [6.45, 7) is 3.54. The van der Waals surface area contributed by atoms with Gasteiger partial charge < -0.3 is 20.4 Å². The zero-order chi connectivity index (χ0) is 26.4. The number of para-hydroxylation sites is 1. The van der Waals surface area contributed by atoms with Gasteiger partial charge in [-0.05, 0) is 54.8 Å². The van der Waals surface area contributed by atoms with Crippen molar-refractivity contribution in [1.82, 2.24) is 10.3 Å². The number of nitrogens with one attached hydrogen (secondary N) is 3. The van der Waals surface area contributed by atoms with Gasteiger partial charge in [0.15, 0.2) is 6.10 Å². The molecule has 8 heteroatoms. The smallest absolute Gasteiger partial charge is 0.329 e. The van der Waals surface area contributed by atoms with Crippen LogP contribution >= 0.6 is 11.6 Å². The molecule has 0 aliphatic carbocycles. The number of rotatable bonds is 9. The zero-order valence-electron chi connectivity index (χ0n) is 20.6. The predicted octanol–water partition coefficient (Wildman–Crippen LogP) is 5.30. The fraction of sp³-hybridized carbons (Fsp3) is 0.207. The van der Waals surface area contributed by atoms with E-state index in [0.717, 1.165) is 28.5 Å². The Hall–Kier alpha value is -4.10. The Morgan fingerprint density at radius 2 is 1.68 bits per heavy atom. The molecule has 0 radical (unpaired) electrons. The van der Waals surface area contributed by atoms with E-state index in [2.05, 4.69) is 15.6 Å². The number of carbonyl (C=O) groups excluding carboxylic acids is 3. The molecular formula is C29H28ClN3O4. The fourth-order valence-corrected chi connectivity index (χ4v) is 4.19. The topological polar surface area (TPSA) is 100 Å². The van der Waals surface area contributed by atoms with Gasteiger partial charge in [-0.15, -0.1) is 0 Å². The lowest BCUT2D eigenvalue weighted by atomic mass is 10.0. The van der Waals surface area contributed by atoms with Crippen LogP contribution in [0.2, 0.25) is 5.02 Å². The summed E-state index contributed by atoms with van der Waals surface area (Å²) in [5.41, 5.74) is 3.72. The number of hydrogen-bond acceptors (Lipinski definition) is 4. The first-order chi connectivity index (χ1) is 17.9. The van der Waals surface area contributed by atoms with Gasteiger partial charge in [0.25, 0.3) is 11.8 Å². The van der Waals surface area contributed by atoms with Crippen molar-refractivity contribution in [3.63, 3.8) is 0 Å². The van der Waals surface area contributed by atoms with Crippen molar-refractivity contribution in [2.45, 2.75) is 38.8 Å². The van der Waals surface area contributed by atoms with E-state index in [1.165, 1.54) is 6.92 Å². The highest BCUT2D eigenvalue weighted by Crippen LogP contribution is 2.21. The van der Waals surface area contributed by atoms with Crippen molar-refractivity contribution >= 4 is 46.0 Å². The summed E-state index contributed by atoms with van der Waals surface area (Å²) in [4.78, 5) is 42.1. The Morgan fingerprint density at radius 3 is 2.41 bits per heavy atom. The van der Waals surface area contributed by atoms with Gasteiger partial charge in [-0.1, -0.05) is 61.0 Å². The SMILES string of the molecule is CCc1ccc(NC(=O)[C@H](C)OC(=O)[C@H](Cc2c[nH]c3ccccc23)NC(=O)c2ccccc2Cl)cc1. The van der Waals surface area contributed by atoms with E-state index in [1.54, 1.807) is 42.6 Å². The molecular weight excluding hydrogens is 490 g/mol. The van der Waals surface area contributed by atoms with Crippen molar-refractivity contribution < 1.29 is 19.1 Å². The minimum atomic E-state index is -1.08. The number of benzene rings is 3. The lowest BCUT2D eigenvalue weighted by Gasteiger charge is -2.21. The molecule has 3 aromatic carbocycles. The quantitative estimate of drug-likeness (QED) is 0.262. The van der Waals surface area contributed by atoms with Gasteiger partial charge in [-0.2, -0.15) is 0 Å². The number of carbonyl (C=O) groups is 3. The number of anilines is 1. The second-order valence-corrected chi connectivity index (χ2v) is 9.10. The summed E-state index contributed by atoms with van der Waals surface area (Å²) < 4.78 is 5.51. The van der Waals surface area contributed by atoms with Gasteiger partial charge in [-0.3, -0.25) is 9.59 Å². The molecule has 0 fully saturated rings. The molecule has 37 heavy (non-hydrogen) atoms. The Morgan fingerprint density at radius 1 is 0.973 bits per heavy atom. The molecule has 2 atom stereocenters. The number of aromatic amines is 1. The molecule has 0 saturated heterocycles. The first-order valence-electron chi connectivity index (χ1n) is 12.1. The molecule has 2 amide bonds. The van der Waals surface area contributed by atoms with Crippen LogP contribution in [0.25, 0.3) is 10.9 Å². The highest BCUT2D eigenvalue weighted by molar-refractivity contribution is 6.33. The fourth-order valence-electron chi connectivity index (χ4n) is 3.97. The number of aryl methyl sites for hydroxylation is 1. The number of fused-ring (bicyclic) bond motifs is 1. The van der Waals surface area contributed by atoms with Crippen LogP contribution in [-0.4, -0.2) is 34.9 Å². The second-order valence-electron chi connectivity index (χ2n) is 8.69. The number of esters is 1. The van der Waals surface area contributed by atoms with E-state index >= 15 is 0 Å². The highest BCUT2D eigenvalue weighted by Gasteiger charge is 2.28. The van der Waals surface area contributed by atoms with Gasteiger partial charge in [0.1, 0.15) is 6.04 Å². The molecule has 0 unspecified atom stereocenters. The number of H-pyrrole nitrogens is 1. The standard InChI is InChI=1S/C29H28ClN3O4/c1-3-19-12-14-21(15-13-19)32-27(34)18(2)37-29(36)26(33-28(35)23-9-4-6-10-24(23)30)16-20-17-31-25-11-7-5-8-22(20)25/h4-15,17-18,26,31H,3,16H2,1-2H3,(H,32,34)(H,33,35)/t18-,26-/m0/s1. The Balaban J connectivity index is 1.50. The molecule has 4 rings (SSSR count). The van der Waals surface area contributed by atoms with Crippen LogP contribution < -0.4 is 10.6 Å². The molecule has 7 nitrogen and oxygen atoms in total. The third kappa shape index (κ3) is 6.37. The van der Waals surface area contributed by atoms with E-state index in [0.29, 0.717) is 5.69 Å². The average molecular weight is 518 g/mol.